The van der Waals surface area contributed by atoms with E-state index in [1.807, 2.05) is 30.3 Å². The Morgan fingerprint density at radius 3 is 2.53 bits per heavy atom. The van der Waals surface area contributed by atoms with Gasteiger partial charge in [0.25, 0.3) is 0 Å². The highest BCUT2D eigenvalue weighted by atomic mass is 35.5. The van der Waals surface area contributed by atoms with E-state index in [1.165, 1.54) is 0 Å². The largest absolute Gasteiger partial charge is 0.282 e. The Bertz CT molecular complexity index is 479. The van der Waals surface area contributed by atoms with Gasteiger partial charge in [0.1, 0.15) is 5.82 Å². The zero-order chi connectivity index (χ0) is 12.3. The molecule has 0 spiro atoms. The number of hydrogen-bond acceptors (Lipinski definition) is 2. The Balaban J connectivity index is 2.54. The SMILES string of the molecule is CCC(C)c1nnc(CCl)n1-c1ccccc1. The number of alkyl halides is 1. The average Bonchev–Trinajstić information content (AvgIpc) is 2.82. The number of nitrogens with zero attached hydrogens (tertiary/aromatic N) is 3. The smallest absolute Gasteiger partial charge is 0.152 e. The molecule has 0 radical (unpaired) electrons. The van der Waals surface area contributed by atoms with Gasteiger partial charge in [-0.15, -0.1) is 21.8 Å². The topological polar surface area (TPSA) is 30.7 Å². The predicted octanol–water partition coefficient (Wildman–Crippen LogP) is 3.52. The van der Waals surface area contributed by atoms with Crippen molar-refractivity contribution in [2.75, 3.05) is 0 Å². The average molecular weight is 250 g/mol. The van der Waals surface area contributed by atoms with Crippen LogP contribution in [0.25, 0.3) is 5.69 Å². The number of benzene rings is 1. The van der Waals surface area contributed by atoms with E-state index in [1.54, 1.807) is 0 Å². The molecule has 1 unspecified atom stereocenters. The molecule has 0 N–H and O–H groups in total. The molecule has 0 aliphatic rings. The normalized spacial score (nSPS) is 12.6. The van der Waals surface area contributed by atoms with Crippen molar-refractivity contribution in [2.24, 2.45) is 0 Å². The van der Waals surface area contributed by atoms with Crippen molar-refractivity contribution in [3.05, 3.63) is 42.0 Å². The Hall–Kier alpha value is -1.35. The number of hydrogen-bond donors (Lipinski definition) is 0. The van der Waals surface area contributed by atoms with Crippen LogP contribution in [0.15, 0.2) is 30.3 Å². The number of halogens is 1. The molecule has 3 nitrogen and oxygen atoms in total. The molecule has 1 heterocycles. The van der Waals surface area contributed by atoms with Gasteiger partial charge in [0.05, 0.1) is 5.88 Å². The molecule has 1 atom stereocenters. The van der Waals surface area contributed by atoms with Gasteiger partial charge in [0.2, 0.25) is 0 Å². The first kappa shape index (κ1) is 12.1. The molecular weight excluding hydrogens is 234 g/mol. The second-order valence-corrected chi connectivity index (χ2v) is 4.36. The van der Waals surface area contributed by atoms with Crippen molar-refractivity contribution in [1.82, 2.24) is 14.8 Å². The van der Waals surface area contributed by atoms with Crippen LogP contribution in [-0.4, -0.2) is 14.8 Å². The third kappa shape index (κ3) is 2.34. The zero-order valence-electron chi connectivity index (χ0n) is 10.1. The lowest BCUT2D eigenvalue weighted by Crippen LogP contribution is -2.07. The third-order valence-corrected chi connectivity index (χ3v) is 3.18. The minimum atomic E-state index is 0.373. The fraction of sp³-hybridized carbons (Fsp3) is 0.385. The van der Waals surface area contributed by atoms with Crippen LogP contribution in [0.4, 0.5) is 0 Å². The third-order valence-electron chi connectivity index (χ3n) is 2.94. The van der Waals surface area contributed by atoms with Crippen LogP contribution >= 0.6 is 11.6 Å². The van der Waals surface area contributed by atoms with Crippen LogP contribution in [-0.2, 0) is 5.88 Å². The minimum Gasteiger partial charge on any atom is -0.282 e. The van der Waals surface area contributed by atoms with E-state index >= 15 is 0 Å². The Kier molecular flexibility index (Phi) is 3.79. The molecule has 0 fully saturated rings. The fourth-order valence-electron chi connectivity index (χ4n) is 1.78. The monoisotopic (exact) mass is 249 g/mol. The lowest BCUT2D eigenvalue weighted by Gasteiger charge is -2.12. The highest BCUT2D eigenvalue weighted by Gasteiger charge is 2.16. The van der Waals surface area contributed by atoms with Crippen LogP contribution in [0.1, 0.15) is 37.8 Å². The molecule has 0 bridgehead atoms. The van der Waals surface area contributed by atoms with Crippen molar-refractivity contribution in [3.63, 3.8) is 0 Å². The summed E-state index contributed by atoms with van der Waals surface area (Å²) < 4.78 is 2.06. The molecule has 0 saturated carbocycles. The molecule has 0 saturated heterocycles. The standard InChI is InChI=1S/C13H16ClN3/c1-3-10(2)13-16-15-12(9-14)17(13)11-7-5-4-6-8-11/h4-8,10H,3,9H2,1-2H3. The van der Waals surface area contributed by atoms with Gasteiger partial charge in [-0.25, -0.2) is 0 Å². The van der Waals surface area contributed by atoms with E-state index in [2.05, 4.69) is 28.6 Å². The summed E-state index contributed by atoms with van der Waals surface area (Å²) in [6, 6.07) is 10.1. The molecule has 17 heavy (non-hydrogen) atoms. The molecule has 0 amide bonds. The molecular formula is C13H16ClN3. The summed E-state index contributed by atoms with van der Waals surface area (Å²) >= 11 is 5.92. The lowest BCUT2D eigenvalue weighted by molar-refractivity contribution is 0.659. The molecule has 1 aromatic carbocycles. The summed E-state index contributed by atoms with van der Waals surface area (Å²) in [5.41, 5.74) is 1.07. The summed E-state index contributed by atoms with van der Waals surface area (Å²) in [6.45, 7) is 4.30. The highest BCUT2D eigenvalue weighted by molar-refractivity contribution is 6.16. The molecule has 1 aromatic heterocycles. The van der Waals surface area contributed by atoms with E-state index in [0.717, 1.165) is 23.8 Å². The summed E-state index contributed by atoms with van der Waals surface area (Å²) in [6.07, 6.45) is 1.03. The Morgan fingerprint density at radius 1 is 1.24 bits per heavy atom. The lowest BCUT2D eigenvalue weighted by atomic mass is 10.1. The van der Waals surface area contributed by atoms with Crippen LogP contribution in [0.3, 0.4) is 0 Å². The van der Waals surface area contributed by atoms with Crippen LogP contribution in [0, 0.1) is 0 Å². The van der Waals surface area contributed by atoms with Crippen molar-refractivity contribution in [3.8, 4) is 5.69 Å². The zero-order valence-corrected chi connectivity index (χ0v) is 10.9. The molecule has 0 aliphatic carbocycles. The van der Waals surface area contributed by atoms with Gasteiger partial charge in [-0.1, -0.05) is 32.0 Å². The van der Waals surface area contributed by atoms with Gasteiger partial charge in [-0.2, -0.15) is 0 Å². The first-order valence-electron chi connectivity index (χ1n) is 5.83. The predicted molar refractivity (Wildman–Crippen MR) is 69.6 cm³/mol. The second-order valence-electron chi connectivity index (χ2n) is 4.09. The maximum Gasteiger partial charge on any atom is 0.152 e. The van der Waals surface area contributed by atoms with E-state index in [9.17, 15) is 0 Å². The van der Waals surface area contributed by atoms with Gasteiger partial charge in [-0.3, -0.25) is 4.57 Å². The first-order valence-corrected chi connectivity index (χ1v) is 6.37. The summed E-state index contributed by atoms with van der Waals surface area (Å²) in [4.78, 5) is 0. The number of aromatic nitrogens is 3. The summed E-state index contributed by atoms with van der Waals surface area (Å²) in [5.74, 6) is 2.53. The fourth-order valence-corrected chi connectivity index (χ4v) is 1.95. The van der Waals surface area contributed by atoms with Crippen LogP contribution in [0.2, 0.25) is 0 Å². The number of para-hydroxylation sites is 1. The molecule has 90 valence electrons. The van der Waals surface area contributed by atoms with Crippen molar-refractivity contribution in [2.45, 2.75) is 32.1 Å². The Morgan fingerprint density at radius 2 is 1.94 bits per heavy atom. The summed E-state index contributed by atoms with van der Waals surface area (Å²) in [5, 5.41) is 8.42. The van der Waals surface area contributed by atoms with E-state index in [4.69, 9.17) is 11.6 Å². The quantitative estimate of drug-likeness (QED) is 0.777. The minimum absolute atomic E-state index is 0.373. The molecule has 4 heteroatoms. The maximum absolute atomic E-state index is 5.92. The van der Waals surface area contributed by atoms with Gasteiger partial charge in [0, 0.05) is 11.6 Å². The Labute approximate surface area is 106 Å². The highest BCUT2D eigenvalue weighted by Crippen LogP contribution is 2.22. The number of rotatable bonds is 4. The molecule has 0 aliphatic heterocycles. The van der Waals surface area contributed by atoms with Gasteiger partial charge >= 0.3 is 0 Å². The van der Waals surface area contributed by atoms with E-state index in [0.29, 0.717) is 11.8 Å². The van der Waals surface area contributed by atoms with E-state index in [-0.39, 0.29) is 0 Å². The first-order chi connectivity index (χ1) is 8.27. The molecule has 2 rings (SSSR count). The van der Waals surface area contributed by atoms with Gasteiger partial charge in [0.15, 0.2) is 5.82 Å². The maximum atomic E-state index is 5.92. The van der Waals surface area contributed by atoms with Crippen molar-refractivity contribution >= 4 is 11.6 Å². The van der Waals surface area contributed by atoms with Crippen LogP contribution in [0.5, 0.6) is 0 Å². The summed E-state index contributed by atoms with van der Waals surface area (Å²) in [7, 11) is 0. The van der Waals surface area contributed by atoms with Crippen LogP contribution < -0.4 is 0 Å². The molecule has 2 aromatic rings. The van der Waals surface area contributed by atoms with Crippen molar-refractivity contribution < 1.29 is 0 Å². The van der Waals surface area contributed by atoms with Gasteiger partial charge in [-0.05, 0) is 18.6 Å². The van der Waals surface area contributed by atoms with Crippen molar-refractivity contribution in [1.29, 1.82) is 0 Å². The van der Waals surface area contributed by atoms with Gasteiger partial charge < -0.3 is 0 Å². The van der Waals surface area contributed by atoms with E-state index < -0.39 is 0 Å². The second kappa shape index (κ2) is 5.32.